The molecule has 2 atom stereocenters. The Morgan fingerprint density at radius 1 is 1.27 bits per heavy atom. The Balaban J connectivity index is 1.82. The van der Waals surface area contributed by atoms with Gasteiger partial charge in [0.25, 0.3) is 0 Å². The van der Waals surface area contributed by atoms with Crippen LogP contribution in [0.25, 0.3) is 0 Å². The van der Waals surface area contributed by atoms with Gasteiger partial charge in [-0.15, -0.1) is 0 Å². The average Bonchev–Trinajstić information content (AvgIpc) is 2.45. The molecule has 0 saturated heterocycles. The van der Waals surface area contributed by atoms with E-state index in [4.69, 9.17) is 9.47 Å². The van der Waals surface area contributed by atoms with Gasteiger partial charge in [-0.25, -0.2) is 0 Å². The Labute approximate surface area is 144 Å². The minimum Gasteiger partial charge on any atom is -0.491 e. The van der Waals surface area contributed by atoms with E-state index in [1.807, 2.05) is 18.7 Å². The van der Waals surface area contributed by atoms with Crippen molar-refractivity contribution in [3.05, 3.63) is 51.3 Å². The lowest BCUT2D eigenvalue weighted by Gasteiger charge is -2.46. The summed E-state index contributed by atoms with van der Waals surface area (Å²) < 4.78 is 12.0. The third-order valence-electron chi connectivity index (χ3n) is 4.78. The Morgan fingerprint density at radius 3 is 2.91 bits per heavy atom. The second-order valence-corrected chi connectivity index (χ2v) is 8.81. The molecule has 0 spiro atoms. The quantitative estimate of drug-likeness (QED) is 0.578. The Morgan fingerprint density at radius 2 is 2.09 bits per heavy atom. The zero-order valence-corrected chi connectivity index (χ0v) is 15.4. The van der Waals surface area contributed by atoms with Crippen LogP contribution in [0.15, 0.2) is 34.6 Å². The smallest absolute Gasteiger partial charge is 0.161 e. The summed E-state index contributed by atoms with van der Waals surface area (Å²) in [5.41, 5.74) is 5.22. The van der Waals surface area contributed by atoms with E-state index in [0.29, 0.717) is 12.5 Å². The fourth-order valence-electron chi connectivity index (χ4n) is 3.68. The maximum atomic E-state index is 6.19. The van der Waals surface area contributed by atoms with Gasteiger partial charge in [-0.3, -0.25) is 0 Å². The van der Waals surface area contributed by atoms with Crippen molar-refractivity contribution in [2.75, 3.05) is 12.4 Å². The molecule has 0 unspecified atom stereocenters. The molecule has 0 fully saturated rings. The maximum absolute atomic E-state index is 6.19. The number of benzene rings is 1. The molecule has 1 aromatic carbocycles. The number of ether oxygens (including phenoxy) is 2. The van der Waals surface area contributed by atoms with Crippen LogP contribution in [0.4, 0.5) is 0 Å². The van der Waals surface area contributed by atoms with Crippen molar-refractivity contribution in [3.63, 3.8) is 0 Å². The molecule has 0 N–H and O–H groups in total. The standard InChI is InChI=1S/C18H19BrO2S/c1-10-6-11(2)16-13(7-10)15-8-22-17-14(5-4-12(3)21-17)18(15,19)9-20-16/h4,6-7,15H,5,8-9H2,1-3H3/t15-,18+/m0/s1. The van der Waals surface area contributed by atoms with E-state index >= 15 is 0 Å². The van der Waals surface area contributed by atoms with Crippen LogP contribution in [0.5, 0.6) is 5.75 Å². The average molecular weight is 379 g/mol. The highest BCUT2D eigenvalue weighted by molar-refractivity contribution is 9.10. The second kappa shape index (κ2) is 5.07. The summed E-state index contributed by atoms with van der Waals surface area (Å²) in [4.78, 5) is 0. The maximum Gasteiger partial charge on any atom is 0.161 e. The number of thioether (sulfide) groups is 1. The van der Waals surface area contributed by atoms with Gasteiger partial charge in [0.2, 0.25) is 0 Å². The summed E-state index contributed by atoms with van der Waals surface area (Å²) in [6, 6.07) is 4.50. The van der Waals surface area contributed by atoms with Crippen LogP contribution in [0.2, 0.25) is 0 Å². The normalized spacial score (nSPS) is 29.6. The van der Waals surface area contributed by atoms with Crippen LogP contribution in [0.3, 0.4) is 0 Å². The molecular weight excluding hydrogens is 360 g/mol. The summed E-state index contributed by atoms with van der Waals surface area (Å²) in [6.07, 6.45) is 3.11. The van der Waals surface area contributed by atoms with Crippen LogP contribution < -0.4 is 4.74 Å². The first-order chi connectivity index (χ1) is 10.5. The van der Waals surface area contributed by atoms with E-state index in [-0.39, 0.29) is 4.32 Å². The summed E-state index contributed by atoms with van der Waals surface area (Å²) >= 11 is 5.89. The molecule has 22 heavy (non-hydrogen) atoms. The predicted molar refractivity (Wildman–Crippen MR) is 94.8 cm³/mol. The monoisotopic (exact) mass is 378 g/mol. The molecule has 3 heterocycles. The number of rotatable bonds is 0. The molecule has 0 aliphatic carbocycles. The predicted octanol–water partition coefficient (Wildman–Crippen LogP) is 5.20. The van der Waals surface area contributed by atoms with E-state index < -0.39 is 0 Å². The van der Waals surface area contributed by atoms with Gasteiger partial charge in [0.05, 0.1) is 10.1 Å². The van der Waals surface area contributed by atoms with Crippen molar-refractivity contribution < 1.29 is 9.47 Å². The molecule has 4 rings (SSSR count). The lowest BCUT2D eigenvalue weighted by molar-refractivity contribution is 0.230. The summed E-state index contributed by atoms with van der Waals surface area (Å²) in [5.74, 6) is 3.54. The molecule has 3 aliphatic rings. The van der Waals surface area contributed by atoms with E-state index in [1.54, 1.807) is 0 Å². The summed E-state index contributed by atoms with van der Waals surface area (Å²) in [7, 11) is 0. The van der Waals surface area contributed by atoms with E-state index in [9.17, 15) is 0 Å². The summed E-state index contributed by atoms with van der Waals surface area (Å²) in [5, 5.41) is 1.07. The van der Waals surface area contributed by atoms with Crippen LogP contribution >= 0.6 is 27.7 Å². The Kier molecular flexibility index (Phi) is 3.39. The van der Waals surface area contributed by atoms with Crippen LogP contribution in [0.1, 0.15) is 36.0 Å². The van der Waals surface area contributed by atoms with Crippen LogP contribution in [-0.2, 0) is 4.74 Å². The number of hydrogen-bond donors (Lipinski definition) is 0. The van der Waals surface area contributed by atoms with Crippen molar-refractivity contribution in [1.82, 2.24) is 0 Å². The molecule has 1 aromatic rings. The van der Waals surface area contributed by atoms with E-state index in [1.165, 1.54) is 22.3 Å². The van der Waals surface area contributed by atoms with E-state index in [2.05, 4.69) is 48.0 Å². The van der Waals surface area contributed by atoms with Gasteiger partial charge >= 0.3 is 0 Å². The number of hydrogen-bond acceptors (Lipinski definition) is 3. The SMILES string of the molecule is CC1=CCC2=C(O1)SC[C@H]1c3cc(C)cc(C)c3OC[C@@]21Br. The van der Waals surface area contributed by atoms with Gasteiger partial charge in [0.1, 0.15) is 12.4 Å². The van der Waals surface area contributed by atoms with E-state index in [0.717, 1.165) is 28.8 Å². The van der Waals surface area contributed by atoms with Gasteiger partial charge in [-0.2, -0.15) is 0 Å². The van der Waals surface area contributed by atoms with Gasteiger partial charge in [-0.05, 0) is 38.8 Å². The zero-order chi connectivity index (χ0) is 15.5. The molecule has 116 valence electrons. The molecule has 0 saturated carbocycles. The van der Waals surface area contributed by atoms with Crippen molar-refractivity contribution in [2.45, 2.75) is 37.4 Å². The third-order valence-corrected chi connectivity index (χ3v) is 7.13. The fourth-order valence-corrected chi connectivity index (χ4v) is 6.30. The van der Waals surface area contributed by atoms with Gasteiger partial charge < -0.3 is 9.47 Å². The lowest BCUT2D eigenvalue weighted by atomic mass is 9.78. The molecule has 0 amide bonds. The number of allylic oxidation sites excluding steroid dienone is 2. The highest BCUT2D eigenvalue weighted by Gasteiger charge is 2.50. The molecule has 4 heteroatoms. The Bertz CT molecular complexity index is 722. The minimum absolute atomic E-state index is 0.141. The minimum atomic E-state index is -0.141. The first-order valence-corrected chi connectivity index (χ1v) is 9.41. The molecule has 0 bridgehead atoms. The fraction of sp³-hybridized carbons (Fsp3) is 0.444. The molecule has 0 aromatic heterocycles. The first-order valence-electron chi connectivity index (χ1n) is 7.63. The largest absolute Gasteiger partial charge is 0.491 e. The van der Waals surface area contributed by atoms with Crippen molar-refractivity contribution in [1.29, 1.82) is 0 Å². The number of halogens is 1. The van der Waals surface area contributed by atoms with Gasteiger partial charge in [0, 0.05) is 22.8 Å². The zero-order valence-electron chi connectivity index (χ0n) is 13.0. The topological polar surface area (TPSA) is 18.5 Å². The van der Waals surface area contributed by atoms with Crippen LogP contribution in [-0.4, -0.2) is 16.7 Å². The highest BCUT2D eigenvalue weighted by Crippen LogP contribution is 2.57. The third kappa shape index (κ3) is 2.07. The van der Waals surface area contributed by atoms with Gasteiger partial charge in [-0.1, -0.05) is 45.4 Å². The number of aryl methyl sites for hydroxylation is 2. The van der Waals surface area contributed by atoms with Crippen molar-refractivity contribution >= 4 is 27.7 Å². The number of fused-ring (bicyclic) bond motifs is 4. The summed E-state index contributed by atoms with van der Waals surface area (Å²) in [6.45, 7) is 7.00. The Hall–Kier alpha value is -0.870. The molecule has 0 radical (unpaired) electrons. The molecular formula is C18H19BrO2S. The lowest BCUT2D eigenvalue weighted by Crippen LogP contribution is -2.45. The van der Waals surface area contributed by atoms with Crippen molar-refractivity contribution in [2.24, 2.45) is 0 Å². The highest BCUT2D eigenvalue weighted by atomic mass is 79.9. The molecule has 2 nitrogen and oxygen atoms in total. The van der Waals surface area contributed by atoms with Gasteiger partial charge in [0.15, 0.2) is 5.09 Å². The van der Waals surface area contributed by atoms with Crippen LogP contribution in [0, 0.1) is 13.8 Å². The number of alkyl halides is 1. The molecule has 3 aliphatic heterocycles. The second-order valence-electron chi connectivity index (χ2n) is 6.40. The first kappa shape index (κ1) is 14.7. The van der Waals surface area contributed by atoms with Crippen molar-refractivity contribution in [3.8, 4) is 5.75 Å².